The summed E-state index contributed by atoms with van der Waals surface area (Å²) in [7, 11) is 0. The molecule has 0 aliphatic heterocycles. The normalized spacial score (nSPS) is 11.4. The van der Waals surface area contributed by atoms with Crippen LogP contribution < -0.4 is 4.57 Å². The first-order valence-corrected chi connectivity index (χ1v) is 9.22. The van der Waals surface area contributed by atoms with Crippen molar-refractivity contribution in [1.29, 1.82) is 0 Å². The number of aliphatic hydroxyl groups is 1. The average Bonchev–Trinajstić information content (AvgIpc) is 3.20. The molecule has 0 saturated heterocycles. The molecule has 0 atom stereocenters. The van der Waals surface area contributed by atoms with E-state index in [0.29, 0.717) is 6.42 Å². The van der Waals surface area contributed by atoms with Gasteiger partial charge in [-0.15, -0.1) is 0 Å². The fourth-order valence-electron chi connectivity index (χ4n) is 3.83. The third-order valence-corrected chi connectivity index (χ3v) is 5.03. The van der Waals surface area contributed by atoms with Crippen molar-refractivity contribution in [3.8, 4) is 0 Å². The SMILES string of the molecule is OCCc1c[n+](C(c2ccccc2)(c2ccccc2)c2ccccc2)c[nH]1. The van der Waals surface area contributed by atoms with E-state index in [2.05, 4.69) is 88.5 Å². The molecule has 3 aromatic carbocycles. The molecule has 0 saturated carbocycles. The fraction of sp³-hybridized carbons (Fsp3) is 0.125. The van der Waals surface area contributed by atoms with Crippen LogP contribution in [0, 0.1) is 0 Å². The number of aliphatic hydroxyl groups excluding tert-OH is 1. The molecule has 2 N–H and O–H groups in total. The third kappa shape index (κ3) is 3.07. The molecule has 3 heteroatoms. The third-order valence-electron chi connectivity index (χ3n) is 5.03. The van der Waals surface area contributed by atoms with Gasteiger partial charge in [0.2, 0.25) is 6.33 Å². The first kappa shape index (κ1) is 17.3. The highest BCUT2D eigenvalue weighted by molar-refractivity contribution is 5.46. The molecular formula is C24H23N2O+. The van der Waals surface area contributed by atoms with Crippen molar-refractivity contribution in [2.45, 2.75) is 12.0 Å². The van der Waals surface area contributed by atoms with Crippen molar-refractivity contribution >= 4 is 0 Å². The maximum Gasteiger partial charge on any atom is 0.243 e. The summed E-state index contributed by atoms with van der Waals surface area (Å²) in [5, 5.41) is 9.35. The molecule has 27 heavy (non-hydrogen) atoms. The predicted molar refractivity (Wildman–Crippen MR) is 106 cm³/mol. The van der Waals surface area contributed by atoms with E-state index in [1.54, 1.807) is 0 Å². The lowest BCUT2D eigenvalue weighted by Crippen LogP contribution is -2.57. The van der Waals surface area contributed by atoms with E-state index in [-0.39, 0.29) is 6.61 Å². The second-order valence-corrected chi connectivity index (χ2v) is 6.62. The van der Waals surface area contributed by atoms with Crippen LogP contribution in [0.3, 0.4) is 0 Å². The minimum absolute atomic E-state index is 0.121. The maximum absolute atomic E-state index is 9.35. The standard InChI is InChI=1S/C24H22N2O/c27-17-16-23-18-26(19-25-23)24(20-10-4-1-5-11-20,21-12-6-2-7-13-21)22-14-8-3-9-15-22/h1-15,18-19,27H,16-17H2/p+1. The summed E-state index contributed by atoms with van der Waals surface area (Å²) in [6.07, 6.45) is 4.70. The largest absolute Gasteiger partial charge is 0.396 e. The van der Waals surface area contributed by atoms with Crippen molar-refractivity contribution in [2.75, 3.05) is 6.61 Å². The van der Waals surface area contributed by atoms with Crippen molar-refractivity contribution in [2.24, 2.45) is 0 Å². The number of hydrogen-bond acceptors (Lipinski definition) is 1. The van der Waals surface area contributed by atoms with Crippen LogP contribution in [-0.4, -0.2) is 16.7 Å². The molecular weight excluding hydrogens is 332 g/mol. The summed E-state index contributed by atoms with van der Waals surface area (Å²) >= 11 is 0. The Balaban J connectivity index is 2.06. The van der Waals surface area contributed by atoms with E-state index >= 15 is 0 Å². The lowest BCUT2D eigenvalue weighted by molar-refractivity contribution is -0.733. The Bertz CT molecular complexity index is 882. The molecule has 0 bridgehead atoms. The van der Waals surface area contributed by atoms with E-state index in [1.165, 1.54) is 16.7 Å². The van der Waals surface area contributed by atoms with Crippen LogP contribution in [0.25, 0.3) is 0 Å². The average molecular weight is 355 g/mol. The van der Waals surface area contributed by atoms with Gasteiger partial charge in [0, 0.05) is 23.1 Å². The van der Waals surface area contributed by atoms with Crippen molar-refractivity contribution in [3.63, 3.8) is 0 Å². The monoisotopic (exact) mass is 355 g/mol. The summed E-state index contributed by atoms with van der Waals surface area (Å²) in [5.74, 6) is 0. The van der Waals surface area contributed by atoms with E-state index in [0.717, 1.165) is 5.69 Å². The van der Waals surface area contributed by atoms with Crippen LogP contribution in [0.15, 0.2) is 104 Å². The second kappa shape index (κ2) is 7.60. The zero-order valence-electron chi connectivity index (χ0n) is 15.1. The van der Waals surface area contributed by atoms with Gasteiger partial charge in [0.1, 0.15) is 11.9 Å². The highest BCUT2D eigenvalue weighted by Gasteiger charge is 2.42. The molecule has 134 valence electrons. The van der Waals surface area contributed by atoms with Gasteiger partial charge in [-0.3, -0.25) is 0 Å². The molecule has 3 nitrogen and oxygen atoms in total. The molecule has 4 rings (SSSR count). The number of benzene rings is 3. The Kier molecular flexibility index (Phi) is 4.86. The van der Waals surface area contributed by atoms with Crippen molar-refractivity contribution in [1.82, 2.24) is 4.98 Å². The number of rotatable bonds is 6. The van der Waals surface area contributed by atoms with Crippen LogP contribution in [0.2, 0.25) is 0 Å². The van der Waals surface area contributed by atoms with Gasteiger partial charge in [0.15, 0.2) is 5.54 Å². The fourth-order valence-corrected chi connectivity index (χ4v) is 3.83. The quantitative estimate of drug-likeness (QED) is 0.402. The molecule has 0 amide bonds. The predicted octanol–water partition coefficient (Wildman–Crippen LogP) is 3.68. The topological polar surface area (TPSA) is 39.9 Å². The number of nitrogens with one attached hydrogen (secondary N) is 1. The van der Waals surface area contributed by atoms with E-state index in [9.17, 15) is 5.11 Å². The number of aromatic nitrogens is 2. The Morgan fingerprint density at radius 1 is 0.704 bits per heavy atom. The van der Waals surface area contributed by atoms with Gasteiger partial charge in [0.25, 0.3) is 0 Å². The zero-order chi connectivity index (χ0) is 18.5. The Morgan fingerprint density at radius 3 is 1.56 bits per heavy atom. The number of aromatic amines is 1. The lowest BCUT2D eigenvalue weighted by atomic mass is 9.77. The van der Waals surface area contributed by atoms with Gasteiger partial charge in [-0.2, -0.15) is 0 Å². The Hall–Kier alpha value is -3.17. The summed E-state index contributed by atoms with van der Waals surface area (Å²) in [6.45, 7) is 0.121. The first-order chi connectivity index (χ1) is 13.4. The van der Waals surface area contributed by atoms with Crippen molar-refractivity contribution < 1.29 is 9.67 Å². The minimum Gasteiger partial charge on any atom is -0.396 e. The van der Waals surface area contributed by atoms with Crippen molar-refractivity contribution in [3.05, 3.63) is 126 Å². The molecule has 0 aliphatic carbocycles. The van der Waals surface area contributed by atoms with Crippen LogP contribution in [0.1, 0.15) is 22.4 Å². The van der Waals surface area contributed by atoms with Crippen LogP contribution >= 0.6 is 0 Å². The minimum atomic E-state index is -0.506. The van der Waals surface area contributed by atoms with Gasteiger partial charge in [-0.1, -0.05) is 91.0 Å². The first-order valence-electron chi connectivity index (χ1n) is 9.22. The second-order valence-electron chi connectivity index (χ2n) is 6.62. The molecule has 4 aromatic rings. The van der Waals surface area contributed by atoms with Gasteiger partial charge in [0.05, 0.1) is 6.61 Å². The Morgan fingerprint density at radius 2 is 1.15 bits per heavy atom. The summed E-state index contributed by atoms with van der Waals surface area (Å²) < 4.78 is 2.22. The van der Waals surface area contributed by atoms with Gasteiger partial charge in [-0.25, -0.2) is 9.55 Å². The van der Waals surface area contributed by atoms with E-state index < -0.39 is 5.54 Å². The summed E-state index contributed by atoms with van der Waals surface area (Å²) in [6, 6.07) is 31.7. The van der Waals surface area contributed by atoms with Crippen LogP contribution in [0.5, 0.6) is 0 Å². The molecule has 0 fully saturated rings. The van der Waals surface area contributed by atoms with Gasteiger partial charge in [-0.05, 0) is 0 Å². The summed E-state index contributed by atoms with van der Waals surface area (Å²) in [5.41, 5.74) is 4.05. The van der Waals surface area contributed by atoms with Crippen LogP contribution in [-0.2, 0) is 12.0 Å². The number of nitrogens with zero attached hydrogens (tertiary/aromatic N) is 1. The maximum atomic E-state index is 9.35. The molecule has 0 aliphatic rings. The number of H-pyrrole nitrogens is 1. The molecule has 0 unspecified atom stereocenters. The molecule has 0 spiro atoms. The number of imidazole rings is 1. The molecule has 1 aromatic heterocycles. The highest BCUT2D eigenvalue weighted by atomic mass is 16.3. The van der Waals surface area contributed by atoms with Crippen LogP contribution in [0.4, 0.5) is 0 Å². The summed E-state index contributed by atoms with van der Waals surface area (Å²) in [4.78, 5) is 3.32. The highest BCUT2D eigenvalue weighted by Crippen LogP contribution is 2.36. The lowest BCUT2D eigenvalue weighted by Gasteiger charge is -2.32. The smallest absolute Gasteiger partial charge is 0.243 e. The zero-order valence-corrected chi connectivity index (χ0v) is 15.1. The molecule has 0 radical (unpaired) electrons. The Labute approximate surface area is 159 Å². The molecule has 1 heterocycles. The van der Waals surface area contributed by atoms with Gasteiger partial charge >= 0.3 is 0 Å². The van der Waals surface area contributed by atoms with E-state index in [4.69, 9.17) is 0 Å². The number of hydrogen-bond donors (Lipinski definition) is 2. The van der Waals surface area contributed by atoms with E-state index in [1.807, 2.05) is 24.5 Å². The van der Waals surface area contributed by atoms with Gasteiger partial charge < -0.3 is 5.11 Å².